The van der Waals surface area contributed by atoms with Gasteiger partial charge in [-0.2, -0.15) is 0 Å². The van der Waals surface area contributed by atoms with Crippen LogP contribution >= 0.6 is 15.9 Å². The van der Waals surface area contributed by atoms with Crippen molar-refractivity contribution in [2.75, 3.05) is 58.3 Å². The fourth-order valence-electron chi connectivity index (χ4n) is 2.31. The standard InChI is InChI=1S/C14H24BrN5/c1-4-13-16-12(15)11-14(17-13)20-9-7-19(8-10-20)6-5-18(2)3/h11H,4-10H2,1-3H3. The third kappa shape index (κ3) is 4.40. The molecule has 2 rings (SSSR count). The highest BCUT2D eigenvalue weighted by molar-refractivity contribution is 9.10. The number of anilines is 1. The van der Waals surface area contributed by atoms with Crippen LogP contribution in [0.3, 0.4) is 0 Å². The number of likely N-dealkylation sites (N-methyl/N-ethyl adjacent to an activating group) is 1. The van der Waals surface area contributed by atoms with Crippen molar-refractivity contribution in [3.63, 3.8) is 0 Å². The number of halogens is 1. The van der Waals surface area contributed by atoms with Crippen LogP contribution < -0.4 is 4.90 Å². The summed E-state index contributed by atoms with van der Waals surface area (Å²) < 4.78 is 0.884. The van der Waals surface area contributed by atoms with Crippen LogP contribution in [0.2, 0.25) is 0 Å². The van der Waals surface area contributed by atoms with Crippen molar-refractivity contribution in [2.24, 2.45) is 0 Å². The zero-order chi connectivity index (χ0) is 14.5. The molecule has 0 N–H and O–H groups in total. The number of nitrogens with zero attached hydrogens (tertiary/aromatic N) is 5. The van der Waals surface area contributed by atoms with E-state index in [4.69, 9.17) is 0 Å². The second-order valence-corrected chi connectivity index (χ2v) is 6.26. The Balaban J connectivity index is 1.91. The van der Waals surface area contributed by atoms with E-state index in [1.54, 1.807) is 0 Å². The van der Waals surface area contributed by atoms with Crippen LogP contribution in [0, 0.1) is 0 Å². The van der Waals surface area contributed by atoms with Gasteiger partial charge >= 0.3 is 0 Å². The summed E-state index contributed by atoms with van der Waals surface area (Å²) in [5.74, 6) is 1.96. The molecule has 1 aromatic heterocycles. The van der Waals surface area contributed by atoms with Crippen LogP contribution in [0.5, 0.6) is 0 Å². The van der Waals surface area contributed by atoms with E-state index in [-0.39, 0.29) is 0 Å². The third-order valence-electron chi connectivity index (χ3n) is 3.60. The Hall–Kier alpha value is -0.720. The van der Waals surface area contributed by atoms with E-state index in [0.29, 0.717) is 0 Å². The molecule has 0 unspecified atom stereocenters. The second kappa shape index (κ2) is 7.33. The van der Waals surface area contributed by atoms with Crippen LogP contribution in [-0.2, 0) is 6.42 Å². The van der Waals surface area contributed by atoms with Crippen LogP contribution in [0.25, 0.3) is 0 Å². The first kappa shape index (κ1) is 15.7. The van der Waals surface area contributed by atoms with E-state index in [1.807, 2.05) is 6.07 Å². The summed E-state index contributed by atoms with van der Waals surface area (Å²) in [7, 11) is 4.25. The Labute approximate surface area is 130 Å². The molecule has 112 valence electrons. The highest BCUT2D eigenvalue weighted by Crippen LogP contribution is 2.18. The molecule has 0 amide bonds. The summed E-state index contributed by atoms with van der Waals surface area (Å²) in [6, 6.07) is 2.02. The molecule has 20 heavy (non-hydrogen) atoms. The lowest BCUT2D eigenvalue weighted by atomic mass is 10.3. The molecule has 5 nitrogen and oxygen atoms in total. The fraction of sp³-hybridized carbons (Fsp3) is 0.714. The molecular weight excluding hydrogens is 318 g/mol. The van der Waals surface area contributed by atoms with Crippen LogP contribution in [0.4, 0.5) is 5.82 Å². The van der Waals surface area contributed by atoms with E-state index in [2.05, 4.69) is 61.6 Å². The third-order valence-corrected chi connectivity index (χ3v) is 4.01. The summed E-state index contributed by atoms with van der Waals surface area (Å²) in [5, 5.41) is 0. The average Bonchev–Trinajstić information content (AvgIpc) is 2.45. The quantitative estimate of drug-likeness (QED) is 0.758. The molecular formula is C14H24BrN5. The van der Waals surface area contributed by atoms with Crippen molar-refractivity contribution >= 4 is 21.7 Å². The lowest BCUT2D eigenvalue weighted by Crippen LogP contribution is -2.48. The van der Waals surface area contributed by atoms with Crippen LogP contribution in [-0.4, -0.2) is 73.1 Å². The van der Waals surface area contributed by atoms with Crippen molar-refractivity contribution < 1.29 is 0 Å². The number of piperazine rings is 1. The Morgan fingerprint density at radius 3 is 2.50 bits per heavy atom. The van der Waals surface area contributed by atoms with Gasteiger partial charge in [0.1, 0.15) is 16.2 Å². The van der Waals surface area contributed by atoms with E-state index in [0.717, 1.165) is 61.9 Å². The lowest BCUT2D eigenvalue weighted by molar-refractivity contribution is 0.229. The van der Waals surface area contributed by atoms with E-state index < -0.39 is 0 Å². The monoisotopic (exact) mass is 341 g/mol. The largest absolute Gasteiger partial charge is 0.354 e. The van der Waals surface area contributed by atoms with E-state index >= 15 is 0 Å². The highest BCUT2D eigenvalue weighted by Gasteiger charge is 2.18. The maximum Gasteiger partial charge on any atom is 0.133 e. The first-order chi connectivity index (χ1) is 9.58. The molecule has 1 aromatic rings. The predicted molar refractivity (Wildman–Crippen MR) is 86.3 cm³/mol. The molecule has 0 saturated carbocycles. The summed E-state index contributed by atoms with van der Waals surface area (Å²) in [4.78, 5) is 16.1. The molecule has 0 aliphatic carbocycles. The topological polar surface area (TPSA) is 35.5 Å². The normalized spacial score (nSPS) is 16.9. The van der Waals surface area contributed by atoms with Gasteiger partial charge in [-0.25, -0.2) is 9.97 Å². The van der Waals surface area contributed by atoms with Crippen molar-refractivity contribution in [1.29, 1.82) is 0 Å². The number of hydrogen-bond acceptors (Lipinski definition) is 5. The van der Waals surface area contributed by atoms with Crippen molar-refractivity contribution in [3.8, 4) is 0 Å². The average molecular weight is 342 g/mol. The van der Waals surface area contributed by atoms with Crippen LogP contribution in [0.15, 0.2) is 10.7 Å². The van der Waals surface area contributed by atoms with Crippen molar-refractivity contribution in [1.82, 2.24) is 19.8 Å². The smallest absolute Gasteiger partial charge is 0.133 e. The zero-order valence-corrected chi connectivity index (χ0v) is 14.2. The summed E-state index contributed by atoms with van der Waals surface area (Å²) in [5.41, 5.74) is 0. The van der Waals surface area contributed by atoms with Gasteiger partial charge in [0.15, 0.2) is 0 Å². The van der Waals surface area contributed by atoms with E-state index in [1.165, 1.54) is 0 Å². The molecule has 2 heterocycles. The van der Waals surface area contributed by atoms with Crippen molar-refractivity contribution in [3.05, 3.63) is 16.5 Å². The highest BCUT2D eigenvalue weighted by atomic mass is 79.9. The van der Waals surface area contributed by atoms with Gasteiger partial charge in [-0.15, -0.1) is 0 Å². The number of rotatable bonds is 5. The van der Waals surface area contributed by atoms with Gasteiger partial charge in [-0.3, -0.25) is 4.90 Å². The van der Waals surface area contributed by atoms with Gasteiger partial charge in [0.05, 0.1) is 0 Å². The number of aryl methyl sites for hydroxylation is 1. The van der Waals surface area contributed by atoms with Gasteiger partial charge in [-0.1, -0.05) is 6.92 Å². The summed E-state index contributed by atoms with van der Waals surface area (Å²) in [6.07, 6.45) is 0.870. The first-order valence-corrected chi connectivity index (χ1v) is 8.03. The SMILES string of the molecule is CCc1nc(Br)cc(N2CCN(CCN(C)C)CC2)n1. The Morgan fingerprint density at radius 1 is 1.20 bits per heavy atom. The predicted octanol–water partition coefficient (Wildman–Crippen LogP) is 1.49. The maximum absolute atomic E-state index is 4.63. The zero-order valence-electron chi connectivity index (χ0n) is 12.6. The minimum Gasteiger partial charge on any atom is -0.354 e. The minimum absolute atomic E-state index is 0.870. The lowest BCUT2D eigenvalue weighted by Gasteiger charge is -2.35. The Kier molecular flexibility index (Phi) is 5.74. The van der Waals surface area contributed by atoms with Crippen LogP contribution in [0.1, 0.15) is 12.7 Å². The first-order valence-electron chi connectivity index (χ1n) is 7.24. The van der Waals surface area contributed by atoms with Gasteiger partial charge < -0.3 is 9.80 Å². The number of hydrogen-bond donors (Lipinski definition) is 0. The molecule has 1 aliphatic heterocycles. The second-order valence-electron chi connectivity index (χ2n) is 5.45. The van der Waals surface area contributed by atoms with E-state index in [9.17, 15) is 0 Å². The molecule has 0 radical (unpaired) electrons. The molecule has 1 saturated heterocycles. The van der Waals surface area contributed by atoms with Crippen molar-refractivity contribution in [2.45, 2.75) is 13.3 Å². The summed E-state index contributed by atoms with van der Waals surface area (Å²) in [6.45, 7) is 8.66. The molecule has 1 fully saturated rings. The fourth-order valence-corrected chi connectivity index (χ4v) is 2.72. The molecule has 0 atom stereocenters. The van der Waals surface area contributed by atoms with Gasteiger partial charge in [0.2, 0.25) is 0 Å². The molecule has 1 aliphatic rings. The van der Waals surface area contributed by atoms with Gasteiger partial charge in [0, 0.05) is 51.8 Å². The van der Waals surface area contributed by atoms with Gasteiger partial charge in [0.25, 0.3) is 0 Å². The number of aromatic nitrogens is 2. The summed E-state index contributed by atoms with van der Waals surface area (Å²) >= 11 is 3.48. The Morgan fingerprint density at radius 2 is 1.90 bits per heavy atom. The molecule has 0 spiro atoms. The molecule has 0 aromatic carbocycles. The minimum atomic E-state index is 0.870. The van der Waals surface area contributed by atoms with Gasteiger partial charge in [-0.05, 0) is 30.0 Å². The maximum atomic E-state index is 4.63. The molecule has 0 bridgehead atoms. The molecule has 6 heteroatoms. The Bertz CT molecular complexity index is 430.